The molecule has 0 radical (unpaired) electrons. The van der Waals surface area contributed by atoms with E-state index in [0.717, 1.165) is 22.4 Å². The fourth-order valence-electron chi connectivity index (χ4n) is 1.66. The number of aryl methyl sites for hydroxylation is 1. The molecule has 0 N–H and O–H groups in total. The van der Waals surface area contributed by atoms with Gasteiger partial charge in [-0.15, -0.1) is 5.10 Å². The summed E-state index contributed by atoms with van der Waals surface area (Å²) in [4.78, 5) is 0. The maximum atomic E-state index is 5.85. The largest absolute Gasteiger partial charge is 0.486 e. The maximum absolute atomic E-state index is 5.85. The van der Waals surface area contributed by atoms with Crippen molar-refractivity contribution in [1.29, 1.82) is 0 Å². The first-order valence-corrected chi connectivity index (χ1v) is 6.55. The van der Waals surface area contributed by atoms with Crippen LogP contribution >= 0.6 is 11.8 Å². The van der Waals surface area contributed by atoms with Crippen molar-refractivity contribution in [3.05, 3.63) is 24.3 Å². The molecule has 0 unspecified atom stereocenters. The van der Waals surface area contributed by atoms with Crippen molar-refractivity contribution in [1.82, 2.24) is 20.2 Å². The van der Waals surface area contributed by atoms with Gasteiger partial charge < -0.3 is 9.47 Å². The van der Waals surface area contributed by atoms with E-state index in [-0.39, 0.29) is 6.10 Å². The highest BCUT2D eigenvalue weighted by Gasteiger charge is 2.21. The number of hydrogen-bond donors (Lipinski definition) is 0. The number of ether oxygens (including phenoxy) is 2. The second kappa shape index (κ2) is 4.85. The first kappa shape index (κ1) is 11.3. The highest BCUT2D eigenvalue weighted by atomic mass is 32.2. The Morgan fingerprint density at radius 2 is 2.22 bits per heavy atom. The fraction of sp³-hybridized carbons (Fsp3) is 0.364. The smallest absolute Gasteiger partial charge is 0.209 e. The average Bonchev–Trinajstić information content (AvgIpc) is 2.82. The van der Waals surface area contributed by atoms with Gasteiger partial charge in [-0.25, -0.2) is 4.68 Å². The molecule has 0 spiro atoms. The molecule has 0 saturated heterocycles. The van der Waals surface area contributed by atoms with Crippen molar-refractivity contribution in [3.8, 4) is 11.5 Å². The zero-order valence-electron chi connectivity index (χ0n) is 9.81. The Balaban J connectivity index is 1.61. The number of benzene rings is 1. The second-order valence-corrected chi connectivity index (χ2v) is 4.88. The summed E-state index contributed by atoms with van der Waals surface area (Å²) >= 11 is 1.56. The molecule has 0 fully saturated rings. The first-order valence-electron chi connectivity index (χ1n) is 5.56. The molecule has 3 rings (SSSR count). The van der Waals surface area contributed by atoms with E-state index in [4.69, 9.17) is 9.47 Å². The van der Waals surface area contributed by atoms with Crippen LogP contribution in [0.15, 0.2) is 29.4 Å². The number of tetrazole rings is 1. The second-order valence-electron chi connectivity index (χ2n) is 3.89. The number of nitrogens with zero attached hydrogens (tertiary/aromatic N) is 4. The van der Waals surface area contributed by atoms with Gasteiger partial charge in [-0.2, -0.15) is 0 Å². The van der Waals surface area contributed by atoms with E-state index in [1.165, 1.54) is 0 Å². The molecule has 2 heterocycles. The van der Waals surface area contributed by atoms with E-state index in [2.05, 4.69) is 15.5 Å². The van der Waals surface area contributed by atoms with Crippen LogP contribution in [0, 0.1) is 0 Å². The molecular formula is C11H12N4O2S. The monoisotopic (exact) mass is 264 g/mol. The molecule has 1 atom stereocenters. The third kappa shape index (κ3) is 2.26. The van der Waals surface area contributed by atoms with Gasteiger partial charge in [-0.05, 0) is 22.6 Å². The van der Waals surface area contributed by atoms with Gasteiger partial charge in [0.25, 0.3) is 0 Å². The molecule has 94 valence electrons. The molecule has 0 saturated carbocycles. The SMILES string of the molecule is Cn1nnnc1SC[C@H]1COc2ccccc2O1. The molecule has 1 aliphatic rings. The highest BCUT2D eigenvalue weighted by Crippen LogP contribution is 2.32. The van der Waals surface area contributed by atoms with Gasteiger partial charge in [0.2, 0.25) is 5.16 Å². The molecule has 0 aliphatic carbocycles. The molecule has 1 aromatic carbocycles. The fourth-order valence-corrected chi connectivity index (χ4v) is 2.47. The van der Waals surface area contributed by atoms with Gasteiger partial charge in [0.05, 0.1) is 0 Å². The summed E-state index contributed by atoms with van der Waals surface area (Å²) in [6.07, 6.45) is 0.0154. The standard InChI is InChI=1S/C11H12N4O2S/c1-15-11(12-13-14-15)18-7-8-6-16-9-4-2-3-5-10(9)17-8/h2-5,8H,6-7H2,1H3/t8-/m1/s1. The molecule has 18 heavy (non-hydrogen) atoms. The lowest BCUT2D eigenvalue weighted by molar-refractivity contribution is 0.107. The van der Waals surface area contributed by atoms with E-state index in [1.807, 2.05) is 31.3 Å². The van der Waals surface area contributed by atoms with Crippen LogP contribution in [-0.4, -0.2) is 38.7 Å². The van der Waals surface area contributed by atoms with E-state index in [0.29, 0.717) is 6.61 Å². The number of rotatable bonds is 3. The van der Waals surface area contributed by atoms with Crippen LogP contribution in [0.4, 0.5) is 0 Å². The van der Waals surface area contributed by atoms with Gasteiger partial charge in [0.1, 0.15) is 12.7 Å². The number of hydrogen-bond acceptors (Lipinski definition) is 6. The summed E-state index contributed by atoms with van der Waals surface area (Å²) in [6, 6.07) is 7.69. The quantitative estimate of drug-likeness (QED) is 0.775. The minimum Gasteiger partial charge on any atom is -0.486 e. The zero-order chi connectivity index (χ0) is 12.4. The third-order valence-electron chi connectivity index (χ3n) is 2.55. The van der Waals surface area contributed by atoms with Gasteiger partial charge in [0.15, 0.2) is 11.5 Å². The normalized spacial score (nSPS) is 17.7. The Morgan fingerprint density at radius 3 is 3.00 bits per heavy atom. The van der Waals surface area contributed by atoms with Crippen LogP contribution in [0.3, 0.4) is 0 Å². The van der Waals surface area contributed by atoms with E-state index < -0.39 is 0 Å². The van der Waals surface area contributed by atoms with Gasteiger partial charge in [-0.3, -0.25) is 0 Å². The van der Waals surface area contributed by atoms with Crippen LogP contribution in [0.5, 0.6) is 11.5 Å². The summed E-state index contributed by atoms with van der Waals surface area (Å²) < 4.78 is 13.1. The first-order chi connectivity index (χ1) is 8.83. The number of thioether (sulfide) groups is 1. The molecular weight excluding hydrogens is 252 g/mol. The zero-order valence-corrected chi connectivity index (χ0v) is 10.6. The van der Waals surface area contributed by atoms with Crippen molar-refractivity contribution >= 4 is 11.8 Å². The highest BCUT2D eigenvalue weighted by molar-refractivity contribution is 7.99. The molecule has 1 aromatic heterocycles. The van der Waals surface area contributed by atoms with Crippen LogP contribution in [0.2, 0.25) is 0 Å². The van der Waals surface area contributed by atoms with Crippen molar-refractivity contribution in [2.75, 3.05) is 12.4 Å². The van der Waals surface area contributed by atoms with Crippen molar-refractivity contribution in [2.24, 2.45) is 7.05 Å². The summed E-state index contributed by atoms with van der Waals surface area (Å²) in [7, 11) is 1.82. The average molecular weight is 264 g/mol. The molecule has 0 amide bonds. The third-order valence-corrected chi connectivity index (χ3v) is 3.69. The number of para-hydroxylation sites is 2. The maximum Gasteiger partial charge on any atom is 0.209 e. The number of fused-ring (bicyclic) bond motifs is 1. The summed E-state index contributed by atoms with van der Waals surface area (Å²) in [6.45, 7) is 0.551. The summed E-state index contributed by atoms with van der Waals surface area (Å²) in [5.74, 6) is 2.35. The van der Waals surface area contributed by atoms with Gasteiger partial charge in [-0.1, -0.05) is 23.9 Å². The van der Waals surface area contributed by atoms with E-state index in [9.17, 15) is 0 Å². The number of aromatic nitrogens is 4. The lowest BCUT2D eigenvalue weighted by atomic mass is 10.3. The minimum absolute atomic E-state index is 0.0154. The van der Waals surface area contributed by atoms with Crippen molar-refractivity contribution in [2.45, 2.75) is 11.3 Å². The molecule has 1 aliphatic heterocycles. The van der Waals surface area contributed by atoms with E-state index in [1.54, 1.807) is 16.4 Å². The molecule has 0 bridgehead atoms. The van der Waals surface area contributed by atoms with Crippen LogP contribution < -0.4 is 9.47 Å². The van der Waals surface area contributed by atoms with E-state index >= 15 is 0 Å². The van der Waals surface area contributed by atoms with Crippen LogP contribution in [0.1, 0.15) is 0 Å². The lowest BCUT2D eigenvalue weighted by Gasteiger charge is -2.25. The van der Waals surface area contributed by atoms with Crippen molar-refractivity contribution < 1.29 is 9.47 Å². The van der Waals surface area contributed by atoms with Gasteiger partial charge >= 0.3 is 0 Å². The predicted molar refractivity (Wildman–Crippen MR) is 65.9 cm³/mol. The lowest BCUT2D eigenvalue weighted by Crippen LogP contribution is -2.31. The predicted octanol–water partition coefficient (Wildman–Crippen LogP) is 1.14. The molecule has 2 aromatic rings. The summed E-state index contributed by atoms with van der Waals surface area (Å²) in [5.41, 5.74) is 0. The Kier molecular flexibility index (Phi) is 3.06. The Morgan fingerprint density at radius 1 is 1.39 bits per heavy atom. The Labute approximate surface area is 108 Å². The van der Waals surface area contributed by atoms with Gasteiger partial charge in [0, 0.05) is 12.8 Å². The Hall–Kier alpha value is -1.76. The Bertz CT molecular complexity index is 545. The minimum atomic E-state index is 0.0154. The summed E-state index contributed by atoms with van der Waals surface area (Å²) in [5, 5.41) is 12.1. The molecule has 7 heteroatoms. The van der Waals surface area contributed by atoms with Crippen LogP contribution in [0.25, 0.3) is 0 Å². The van der Waals surface area contributed by atoms with Crippen LogP contribution in [-0.2, 0) is 7.05 Å². The topological polar surface area (TPSA) is 62.1 Å². The van der Waals surface area contributed by atoms with Crippen molar-refractivity contribution in [3.63, 3.8) is 0 Å². The molecule has 6 nitrogen and oxygen atoms in total.